The first-order valence-electron chi connectivity index (χ1n) is 3.96. The van der Waals surface area contributed by atoms with E-state index < -0.39 is 0 Å². The largest absolute Gasteiger partial charge is 0.310 e. The van der Waals surface area contributed by atoms with Crippen molar-refractivity contribution in [3.05, 3.63) is 34.6 Å². The number of rotatable bonds is 1. The Morgan fingerprint density at radius 2 is 2.25 bits per heavy atom. The molecule has 1 saturated heterocycles. The van der Waals surface area contributed by atoms with Crippen molar-refractivity contribution in [2.75, 3.05) is 6.54 Å². The summed E-state index contributed by atoms with van der Waals surface area (Å²) in [4.78, 5) is 0. The Hall–Kier alpha value is -0.600. The third-order valence-corrected chi connectivity index (χ3v) is 2.58. The molecule has 1 aromatic carbocycles. The van der Waals surface area contributed by atoms with Gasteiger partial charge < -0.3 is 5.32 Å². The first-order chi connectivity index (χ1) is 5.79. The Morgan fingerprint density at radius 3 is 2.83 bits per heavy atom. The number of benzene rings is 1. The molecule has 0 amide bonds. The van der Waals surface area contributed by atoms with Gasteiger partial charge in [-0.2, -0.15) is 0 Å². The summed E-state index contributed by atoms with van der Waals surface area (Å²) in [5, 5.41) is 3.44. The molecule has 1 heterocycles. The van der Waals surface area contributed by atoms with Crippen molar-refractivity contribution >= 4 is 11.6 Å². The van der Waals surface area contributed by atoms with Crippen LogP contribution in [0.1, 0.15) is 18.0 Å². The van der Waals surface area contributed by atoms with E-state index >= 15 is 0 Å². The van der Waals surface area contributed by atoms with E-state index in [1.165, 1.54) is 6.07 Å². The molecule has 1 atom stereocenters. The Labute approximate surface area is 75.5 Å². The number of hydrogen-bond donors (Lipinski definition) is 1. The molecule has 0 aromatic heterocycles. The van der Waals surface area contributed by atoms with E-state index in [1.54, 1.807) is 6.07 Å². The molecule has 1 nitrogen and oxygen atoms in total. The van der Waals surface area contributed by atoms with Gasteiger partial charge in [-0.3, -0.25) is 0 Å². The zero-order chi connectivity index (χ0) is 8.55. The summed E-state index contributed by atoms with van der Waals surface area (Å²) in [5.41, 5.74) is 0.878. The molecule has 64 valence electrons. The van der Waals surface area contributed by atoms with Crippen molar-refractivity contribution in [1.29, 1.82) is 0 Å². The molecule has 0 spiro atoms. The van der Waals surface area contributed by atoms with Crippen molar-refractivity contribution in [3.63, 3.8) is 0 Å². The summed E-state index contributed by atoms with van der Waals surface area (Å²) in [7, 11) is 0. The molecule has 1 fully saturated rings. The molecular weight excluding hydrogens is 177 g/mol. The predicted octanol–water partition coefficient (Wildman–Crippen LogP) is 2.51. The summed E-state index contributed by atoms with van der Waals surface area (Å²) in [6.45, 7) is 0.998. The maximum absolute atomic E-state index is 12.9. The smallest absolute Gasteiger partial charge is 0.142 e. The fraction of sp³-hybridized carbons (Fsp3) is 0.333. The van der Waals surface area contributed by atoms with Gasteiger partial charge in [-0.25, -0.2) is 4.39 Å². The SMILES string of the molecule is Fc1cccc([C@H]2CCN2)c1Cl. The van der Waals surface area contributed by atoms with Gasteiger partial charge in [-0.1, -0.05) is 23.7 Å². The standard InChI is InChI=1S/C9H9ClFN/c10-9-6(8-4-5-12-8)2-1-3-7(9)11/h1-3,8,12H,4-5H2/t8-/m1/s1. The topological polar surface area (TPSA) is 12.0 Å². The molecule has 0 unspecified atom stereocenters. The molecule has 2 rings (SSSR count). The molecule has 0 bridgehead atoms. The molecule has 0 aliphatic carbocycles. The highest BCUT2D eigenvalue weighted by Gasteiger charge is 2.21. The Balaban J connectivity index is 2.36. The number of halogens is 2. The highest BCUT2D eigenvalue weighted by molar-refractivity contribution is 6.31. The van der Waals surface area contributed by atoms with Crippen LogP contribution in [-0.2, 0) is 0 Å². The maximum atomic E-state index is 12.9. The van der Waals surface area contributed by atoms with Crippen LogP contribution in [0.2, 0.25) is 5.02 Å². The second-order valence-corrected chi connectivity index (χ2v) is 3.32. The van der Waals surface area contributed by atoms with Crippen LogP contribution in [0.25, 0.3) is 0 Å². The first kappa shape index (κ1) is 8.02. The van der Waals surface area contributed by atoms with E-state index in [1.807, 2.05) is 6.07 Å². The lowest BCUT2D eigenvalue weighted by Crippen LogP contribution is -2.35. The van der Waals surface area contributed by atoms with Gasteiger partial charge in [0.15, 0.2) is 0 Å². The molecule has 3 heteroatoms. The van der Waals surface area contributed by atoms with Crippen molar-refractivity contribution in [3.8, 4) is 0 Å². The van der Waals surface area contributed by atoms with Gasteiger partial charge >= 0.3 is 0 Å². The summed E-state index contributed by atoms with van der Waals surface area (Å²) >= 11 is 5.79. The highest BCUT2D eigenvalue weighted by atomic mass is 35.5. The summed E-state index contributed by atoms with van der Waals surface area (Å²) in [6.07, 6.45) is 1.04. The van der Waals surface area contributed by atoms with E-state index in [2.05, 4.69) is 5.32 Å². The van der Waals surface area contributed by atoms with Crippen LogP contribution in [0.4, 0.5) is 4.39 Å². The van der Waals surface area contributed by atoms with Crippen LogP contribution in [-0.4, -0.2) is 6.54 Å². The van der Waals surface area contributed by atoms with Crippen LogP contribution in [0, 0.1) is 5.82 Å². The zero-order valence-electron chi connectivity index (χ0n) is 6.48. The predicted molar refractivity (Wildman–Crippen MR) is 46.8 cm³/mol. The van der Waals surface area contributed by atoms with Gasteiger partial charge in [-0.05, 0) is 24.6 Å². The number of nitrogens with one attached hydrogen (secondary N) is 1. The fourth-order valence-corrected chi connectivity index (χ4v) is 1.60. The average molecular weight is 186 g/mol. The fourth-order valence-electron chi connectivity index (χ4n) is 1.34. The lowest BCUT2D eigenvalue weighted by Gasteiger charge is -2.28. The van der Waals surface area contributed by atoms with Crippen molar-refractivity contribution in [1.82, 2.24) is 5.32 Å². The molecular formula is C9H9ClFN. The van der Waals surface area contributed by atoms with Gasteiger partial charge in [0.25, 0.3) is 0 Å². The Morgan fingerprint density at radius 1 is 1.50 bits per heavy atom. The monoisotopic (exact) mass is 185 g/mol. The molecule has 12 heavy (non-hydrogen) atoms. The highest BCUT2D eigenvalue weighted by Crippen LogP contribution is 2.30. The summed E-state index contributed by atoms with van der Waals surface area (Å²) in [6, 6.07) is 5.19. The molecule has 1 aromatic rings. The van der Waals surface area contributed by atoms with Crippen LogP contribution < -0.4 is 5.32 Å². The minimum atomic E-state index is -0.331. The third-order valence-electron chi connectivity index (χ3n) is 2.18. The normalized spacial score (nSPS) is 22.0. The Bertz CT molecular complexity index is 297. The van der Waals surface area contributed by atoms with Gasteiger partial charge in [-0.15, -0.1) is 0 Å². The second kappa shape index (κ2) is 3.04. The minimum Gasteiger partial charge on any atom is -0.310 e. The molecule has 0 saturated carbocycles. The van der Waals surface area contributed by atoms with Gasteiger partial charge in [0.05, 0.1) is 5.02 Å². The lowest BCUT2D eigenvalue weighted by molar-refractivity contribution is 0.382. The van der Waals surface area contributed by atoms with Gasteiger partial charge in [0, 0.05) is 6.04 Å². The average Bonchev–Trinajstić information content (AvgIpc) is 1.95. The van der Waals surface area contributed by atoms with Crippen LogP contribution in [0.5, 0.6) is 0 Å². The van der Waals surface area contributed by atoms with E-state index in [4.69, 9.17) is 11.6 Å². The quantitative estimate of drug-likeness (QED) is 0.709. The van der Waals surface area contributed by atoms with Gasteiger partial charge in [0.2, 0.25) is 0 Å². The number of hydrogen-bond acceptors (Lipinski definition) is 1. The van der Waals surface area contributed by atoms with Crippen molar-refractivity contribution in [2.24, 2.45) is 0 Å². The van der Waals surface area contributed by atoms with Crippen LogP contribution in [0.15, 0.2) is 18.2 Å². The first-order valence-corrected chi connectivity index (χ1v) is 4.34. The molecule has 1 aliphatic heterocycles. The Kier molecular flexibility index (Phi) is 2.03. The van der Waals surface area contributed by atoms with E-state index in [0.29, 0.717) is 0 Å². The maximum Gasteiger partial charge on any atom is 0.142 e. The third kappa shape index (κ3) is 1.21. The minimum absolute atomic E-state index is 0.258. The summed E-state index contributed by atoms with van der Waals surface area (Å²) in [5.74, 6) is -0.331. The van der Waals surface area contributed by atoms with E-state index in [9.17, 15) is 4.39 Å². The molecule has 1 aliphatic rings. The van der Waals surface area contributed by atoms with Gasteiger partial charge in [0.1, 0.15) is 5.82 Å². The molecule has 0 radical (unpaired) electrons. The van der Waals surface area contributed by atoms with Crippen molar-refractivity contribution < 1.29 is 4.39 Å². The second-order valence-electron chi connectivity index (χ2n) is 2.94. The van der Waals surface area contributed by atoms with E-state index in [-0.39, 0.29) is 16.9 Å². The van der Waals surface area contributed by atoms with E-state index in [0.717, 1.165) is 18.5 Å². The zero-order valence-corrected chi connectivity index (χ0v) is 7.24. The van der Waals surface area contributed by atoms with Crippen molar-refractivity contribution in [2.45, 2.75) is 12.5 Å². The van der Waals surface area contributed by atoms with Crippen LogP contribution in [0.3, 0.4) is 0 Å². The molecule has 1 N–H and O–H groups in total. The summed E-state index contributed by atoms with van der Waals surface area (Å²) < 4.78 is 12.9. The lowest BCUT2D eigenvalue weighted by atomic mass is 9.98. The van der Waals surface area contributed by atoms with Crippen LogP contribution >= 0.6 is 11.6 Å².